The fourth-order valence-electron chi connectivity index (χ4n) is 2.16. The van der Waals surface area contributed by atoms with E-state index in [-0.39, 0.29) is 5.02 Å². The van der Waals surface area contributed by atoms with Crippen LogP contribution in [0.1, 0.15) is 30.5 Å². The van der Waals surface area contributed by atoms with Gasteiger partial charge in [-0.1, -0.05) is 42.8 Å². The summed E-state index contributed by atoms with van der Waals surface area (Å²) in [6, 6.07) is 9.17. The van der Waals surface area contributed by atoms with E-state index in [0.717, 1.165) is 6.42 Å². The Morgan fingerprint density at radius 3 is 2.38 bits per heavy atom. The van der Waals surface area contributed by atoms with E-state index in [2.05, 4.69) is 21.2 Å². The number of rotatable bonds is 5. The molecule has 21 heavy (non-hydrogen) atoms. The second-order valence-corrected chi connectivity index (χ2v) is 5.93. The molecule has 0 aliphatic rings. The van der Waals surface area contributed by atoms with E-state index < -0.39 is 17.7 Å². The fraction of sp³-hybridized carbons (Fsp3) is 0.250. The molecular formula is C16H15BrClF2N. The van der Waals surface area contributed by atoms with Crippen LogP contribution >= 0.6 is 27.5 Å². The summed E-state index contributed by atoms with van der Waals surface area (Å²) < 4.78 is 29.0. The Morgan fingerprint density at radius 2 is 1.71 bits per heavy atom. The Morgan fingerprint density at radius 1 is 1.10 bits per heavy atom. The van der Waals surface area contributed by atoms with Crippen LogP contribution in [0.25, 0.3) is 0 Å². The zero-order chi connectivity index (χ0) is 15.4. The Bertz CT molecular complexity index is 582. The van der Waals surface area contributed by atoms with E-state index in [1.54, 1.807) is 30.3 Å². The molecule has 2 aromatic carbocycles. The van der Waals surface area contributed by atoms with Crippen LogP contribution in [0.5, 0.6) is 0 Å². The number of nitrogens with one attached hydrogen (secondary N) is 1. The van der Waals surface area contributed by atoms with Crippen molar-refractivity contribution in [3.8, 4) is 0 Å². The average Bonchev–Trinajstić information content (AvgIpc) is 2.47. The van der Waals surface area contributed by atoms with Gasteiger partial charge in [-0.05, 0) is 41.0 Å². The highest BCUT2D eigenvalue weighted by Crippen LogP contribution is 2.31. The van der Waals surface area contributed by atoms with E-state index in [9.17, 15) is 8.78 Å². The van der Waals surface area contributed by atoms with E-state index >= 15 is 0 Å². The molecular weight excluding hydrogens is 360 g/mol. The van der Waals surface area contributed by atoms with Crippen molar-refractivity contribution in [3.63, 3.8) is 0 Å². The van der Waals surface area contributed by atoms with Gasteiger partial charge in [-0.25, -0.2) is 8.78 Å². The van der Waals surface area contributed by atoms with Crippen molar-refractivity contribution >= 4 is 27.5 Å². The molecule has 2 aromatic rings. The quantitative estimate of drug-likeness (QED) is 0.732. The lowest BCUT2D eigenvalue weighted by Gasteiger charge is -2.21. The molecule has 0 spiro atoms. The molecule has 0 heterocycles. The number of halogens is 4. The second kappa shape index (κ2) is 7.34. The van der Waals surface area contributed by atoms with E-state index in [1.165, 1.54) is 6.07 Å². The van der Waals surface area contributed by atoms with E-state index in [4.69, 9.17) is 11.6 Å². The van der Waals surface area contributed by atoms with Crippen LogP contribution in [0.4, 0.5) is 8.78 Å². The summed E-state index contributed by atoms with van der Waals surface area (Å²) >= 11 is 9.01. The molecule has 1 atom stereocenters. The Hall–Kier alpha value is -0.970. The topological polar surface area (TPSA) is 12.0 Å². The molecule has 1 unspecified atom stereocenters. The van der Waals surface area contributed by atoms with Gasteiger partial charge < -0.3 is 5.32 Å². The zero-order valence-electron chi connectivity index (χ0n) is 11.5. The van der Waals surface area contributed by atoms with Gasteiger partial charge in [-0.3, -0.25) is 0 Å². The minimum atomic E-state index is -0.582. The molecule has 0 amide bonds. The third-order valence-electron chi connectivity index (χ3n) is 3.18. The van der Waals surface area contributed by atoms with E-state index in [1.807, 2.05) is 6.92 Å². The van der Waals surface area contributed by atoms with Crippen molar-refractivity contribution in [2.75, 3.05) is 6.54 Å². The van der Waals surface area contributed by atoms with Crippen molar-refractivity contribution in [1.29, 1.82) is 0 Å². The summed E-state index contributed by atoms with van der Waals surface area (Å²) in [6.45, 7) is 2.64. The number of hydrogen-bond acceptors (Lipinski definition) is 1. The normalized spacial score (nSPS) is 12.4. The maximum Gasteiger partial charge on any atom is 0.146 e. The smallest absolute Gasteiger partial charge is 0.146 e. The van der Waals surface area contributed by atoms with Gasteiger partial charge in [0, 0.05) is 11.1 Å². The molecule has 0 aliphatic heterocycles. The van der Waals surface area contributed by atoms with Crippen molar-refractivity contribution in [3.05, 3.63) is 68.7 Å². The lowest BCUT2D eigenvalue weighted by atomic mass is 9.97. The van der Waals surface area contributed by atoms with Gasteiger partial charge in [-0.15, -0.1) is 0 Å². The monoisotopic (exact) mass is 373 g/mol. The standard InChI is InChI=1S/C16H15BrClF2N/c1-2-9-21-16(10-5-3-7-12(17)14(10)19)11-6-4-8-13(18)15(11)20/h3-8,16,21H,2,9H2,1H3. The summed E-state index contributed by atoms with van der Waals surface area (Å²) in [5.41, 5.74) is 0.729. The van der Waals surface area contributed by atoms with Crippen molar-refractivity contribution < 1.29 is 8.78 Å². The molecule has 0 fully saturated rings. The first-order chi connectivity index (χ1) is 10.1. The van der Waals surface area contributed by atoms with Gasteiger partial charge in [0.25, 0.3) is 0 Å². The van der Waals surface area contributed by atoms with Crippen molar-refractivity contribution in [2.24, 2.45) is 0 Å². The molecule has 1 N–H and O–H groups in total. The molecule has 0 radical (unpaired) electrons. The third-order valence-corrected chi connectivity index (χ3v) is 4.09. The van der Waals surface area contributed by atoms with Crippen LogP contribution in [0.3, 0.4) is 0 Å². The van der Waals surface area contributed by atoms with Gasteiger partial charge in [0.05, 0.1) is 15.5 Å². The minimum absolute atomic E-state index is 0.0335. The number of hydrogen-bond donors (Lipinski definition) is 1. The predicted molar refractivity (Wildman–Crippen MR) is 85.6 cm³/mol. The van der Waals surface area contributed by atoms with Crippen LogP contribution in [-0.4, -0.2) is 6.54 Å². The van der Waals surface area contributed by atoms with Gasteiger partial charge in [0.1, 0.15) is 11.6 Å². The minimum Gasteiger partial charge on any atom is -0.306 e. The summed E-state index contributed by atoms with van der Waals surface area (Å²) in [4.78, 5) is 0. The maximum absolute atomic E-state index is 14.4. The lowest BCUT2D eigenvalue weighted by Crippen LogP contribution is -2.25. The molecule has 0 saturated carbocycles. The van der Waals surface area contributed by atoms with Crippen LogP contribution in [0, 0.1) is 11.6 Å². The predicted octanol–water partition coefficient (Wildman–Crippen LogP) is 5.47. The molecule has 1 nitrogen and oxygen atoms in total. The summed E-state index contributed by atoms with van der Waals surface area (Å²) in [6.07, 6.45) is 0.855. The zero-order valence-corrected chi connectivity index (χ0v) is 13.8. The molecule has 5 heteroatoms. The first kappa shape index (κ1) is 16.4. The van der Waals surface area contributed by atoms with Crippen molar-refractivity contribution in [2.45, 2.75) is 19.4 Å². The molecule has 0 aromatic heterocycles. The highest BCUT2D eigenvalue weighted by molar-refractivity contribution is 9.10. The molecule has 2 rings (SSSR count). The van der Waals surface area contributed by atoms with Gasteiger partial charge in [-0.2, -0.15) is 0 Å². The summed E-state index contributed by atoms with van der Waals surface area (Å²) in [5.74, 6) is -0.919. The largest absolute Gasteiger partial charge is 0.306 e. The van der Waals surface area contributed by atoms with Gasteiger partial charge in [0.2, 0.25) is 0 Å². The fourth-order valence-corrected chi connectivity index (χ4v) is 2.73. The first-order valence-electron chi connectivity index (χ1n) is 6.67. The van der Waals surface area contributed by atoms with Crippen LogP contribution in [0.15, 0.2) is 40.9 Å². The molecule has 0 aliphatic carbocycles. The van der Waals surface area contributed by atoms with E-state index in [0.29, 0.717) is 22.1 Å². The summed E-state index contributed by atoms with van der Waals surface area (Å²) in [5, 5.41) is 3.21. The Balaban J connectivity index is 2.52. The first-order valence-corrected chi connectivity index (χ1v) is 7.84. The van der Waals surface area contributed by atoms with Crippen LogP contribution in [0.2, 0.25) is 5.02 Å². The van der Waals surface area contributed by atoms with Gasteiger partial charge >= 0.3 is 0 Å². The molecule has 112 valence electrons. The molecule has 0 saturated heterocycles. The van der Waals surface area contributed by atoms with Crippen LogP contribution in [-0.2, 0) is 0 Å². The lowest BCUT2D eigenvalue weighted by molar-refractivity contribution is 0.518. The average molecular weight is 375 g/mol. The number of benzene rings is 2. The highest BCUT2D eigenvalue weighted by Gasteiger charge is 2.22. The van der Waals surface area contributed by atoms with Crippen LogP contribution < -0.4 is 5.32 Å². The molecule has 0 bridgehead atoms. The maximum atomic E-state index is 14.4. The highest BCUT2D eigenvalue weighted by atomic mass is 79.9. The SMILES string of the molecule is CCCNC(c1cccc(Cl)c1F)c1cccc(Br)c1F. The second-order valence-electron chi connectivity index (χ2n) is 4.67. The third kappa shape index (κ3) is 3.62. The van der Waals surface area contributed by atoms with Crippen molar-refractivity contribution in [1.82, 2.24) is 5.32 Å². The Kier molecular flexibility index (Phi) is 5.73. The Labute approximate surface area is 136 Å². The van der Waals surface area contributed by atoms with Gasteiger partial charge in [0.15, 0.2) is 0 Å². The summed E-state index contributed by atoms with van der Waals surface area (Å²) in [7, 11) is 0.